The zero-order valence-corrected chi connectivity index (χ0v) is 14.0. The van der Waals surface area contributed by atoms with E-state index in [1.807, 2.05) is 18.2 Å². The number of rotatable bonds is 3. The molecule has 2 aliphatic heterocycles. The Kier molecular flexibility index (Phi) is 3.91. The van der Waals surface area contributed by atoms with Crippen molar-refractivity contribution in [2.75, 3.05) is 36.5 Å². The molecule has 0 saturated carbocycles. The van der Waals surface area contributed by atoms with E-state index in [1.54, 1.807) is 25.6 Å². The zero-order chi connectivity index (χ0) is 17.4. The van der Waals surface area contributed by atoms with Crippen molar-refractivity contribution in [3.05, 3.63) is 42.2 Å². The predicted octanol–water partition coefficient (Wildman–Crippen LogP) is 1.44. The first-order valence-corrected chi connectivity index (χ1v) is 8.35. The molecular weight excluding hydrogens is 320 g/mol. The summed E-state index contributed by atoms with van der Waals surface area (Å²) in [6, 6.07) is 7.55. The van der Waals surface area contributed by atoms with Gasteiger partial charge in [-0.05, 0) is 24.1 Å². The molecular formula is C18H20N4O3. The molecule has 0 amide bonds. The van der Waals surface area contributed by atoms with E-state index in [0.717, 1.165) is 30.1 Å². The van der Waals surface area contributed by atoms with E-state index in [1.165, 1.54) is 0 Å². The third-order valence-corrected chi connectivity index (χ3v) is 5.08. The van der Waals surface area contributed by atoms with Gasteiger partial charge in [-0.1, -0.05) is 6.07 Å². The summed E-state index contributed by atoms with van der Waals surface area (Å²) in [6.07, 6.45) is 3.95. The SMILES string of the molecule is COc1ccc2c(c1)N1CCN(c3ncccn3)CC1C(C(=O)O)C2. The molecule has 0 aliphatic carbocycles. The molecule has 0 radical (unpaired) electrons. The number of fused-ring (bicyclic) bond motifs is 3. The highest BCUT2D eigenvalue weighted by molar-refractivity contribution is 5.76. The van der Waals surface area contributed by atoms with E-state index in [0.29, 0.717) is 18.9 Å². The molecule has 1 aromatic heterocycles. The maximum atomic E-state index is 11.9. The molecule has 130 valence electrons. The second-order valence-corrected chi connectivity index (χ2v) is 6.40. The van der Waals surface area contributed by atoms with Crippen LogP contribution in [0.15, 0.2) is 36.7 Å². The first-order chi connectivity index (χ1) is 12.2. The van der Waals surface area contributed by atoms with Crippen LogP contribution in [-0.4, -0.2) is 53.8 Å². The van der Waals surface area contributed by atoms with Gasteiger partial charge in [0.1, 0.15) is 5.75 Å². The Labute approximate surface area is 145 Å². The fraction of sp³-hybridized carbons (Fsp3) is 0.389. The number of aliphatic carboxylic acids is 1. The van der Waals surface area contributed by atoms with Gasteiger partial charge in [0.25, 0.3) is 0 Å². The number of benzene rings is 1. The van der Waals surface area contributed by atoms with Gasteiger partial charge in [0.05, 0.1) is 19.1 Å². The molecule has 2 aliphatic rings. The second-order valence-electron chi connectivity index (χ2n) is 6.40. The van der Waals surface area contributed by atoms with Crippen molar-refractivity contribution in [2.45, 2.75) is 12.5 Å². The first kappa shape index (κ1) is 15.7. The van der Waals surface area contributed by atoms with Crippen molar-refractivity contribution >= 4 is 17.6 Å². The number of methoxy groups -OCH3 is 1. The van der Waals surface area contributed by atoms with Crippen LogP contribution in [0.4, 0.5) is 11.6 Å². The van der Waals surface area contributed by atoms with Crippen molar-refractivity contribution in [2.24, 2.45) is 5.92 Å². The second kappa shape index (κ2) is 6.23. The van der Waals surface area contributed by atoms with Gasteiger partial charge in [0.2, 0.25) is 5.95 Å². The maximum absolute atomic E-state index is 11.9. The molecule has 0 bridgehead atoms. The highest BCUT2D eigenvalue weighted by Gasteiger charge is 2.42. The fourth-order valence-electron chi connectivity index (χ4n) is 3.83. The topological polar surface area (TPSA) is 78.8 Å². The molecule has 2 aromatic rings. The molecule has 1 N–H and O–H groups in total. The van der Waals surface area contributed by atoms with E-state index < -0.39 is 11.9 Å². The molecule has 2 atom stereocenters. The van der Waals surface area contributed by atoms with E-state index in [2.05, 4.69) is 19.8 Å². The maximum Gasteiger partial charge on any atom is 0.309 e. The van der Waals surface area contributed by atoms with Crippen LogP contribution >= 0.6 is 0 Å². The Bertz CT molecular complexity index is 783. The predicted molar refractivity (Wildman–Crippen MR) is 93.2 cm³/mol. The largest absolute Gasteiger partial charge is 0.497 e. The highest BCUT2D eigenvalue weighted by Crippen LogP contribution is 2.38. The number of nitrogens with zero attached hydrogens (tertiary/aromatic N) is 4. The molecule has 3 heterocycles. The number of hydrogen-bond acceptors (Lipinski definition) is 6. The Hall–Kier alpha value is -2.83. The van der Waals surface area contributed by atoms with Gasteiger partial charge in [-0.15, -0.1) is 0 Å². The smallest absolute Gasteiger partial charge is 0.309 e. The zero-order valence-electron chi connectivity index (χ0n) is 14.0. The molecule has 1 fully saturated rings. The molecule has 7 heteroatoms. The lowest BCUT2D eigenvalue weighted by Crippen LogP contribution is -2.60. The first-order valence-electron chi connectivity index (χ1n) is 8.35. The quantitative estimate of drug-likeness (QED) is 0.905. The van der Waals surface area contributed by atoms with Crippen LogP contribution in [0.5, 0.6) is 5.75 Å². The van der Waals surface area contributed by atoms with E-state index in [-0.39, 0.29) is 6.04 Å². The minimum atomic E-state index is -0.757. The van der Waals surface area contributed by atoms with Gasteiger partial charge in [0, 0.05) is 43.8 Å². The van der Waals surface area contributed by atoms with Crippen molar-refractivity contribution < 1.29 is 14.6 Å². The van der Waals surface area contributed by atoms with Crippen LogP contribution in [-0.2, 0) is 11.2 Å². The van der Waals surface area contributed by atoms with Gasteiger partial charge < -0.3 is 19.6 Å². The summed E-state index contributed by atoms with van der Waals surface area (Å²) in [5.74, 6) is 0.238. The number of carboxylic acid groups (broad SMARTS) is 1. The summed E-state index contributed by atoms with van der Waals surface area (Å²) in [5, 5.41) is 9.76. The molecule has 0 spiro atoms. The number of carbonyl (C=O) groups is 1. The van der Waals surface area contributed by atoms with Gasteiger partial charge in [0.15, 0.2) is 0 Å². The summed E-state index contributed by atoms with van der Waals surface area (Å²) >= 11 is 0. The van der Waals surface area contributed by atoms with Crippen molar-refractivity contribution in [3.8, 4) is 5.75 Å². The molecule has 25 heavy (non-hydrogen) atoms. The fourth-order valence-corrected chi connectivity index (χ4v) is 3.83. The van der Waals surface area contributed by atoms with Gasteiger partial charge in [-0.2, -0.15) is 0 Å². The van der Waals surface area contributed by atoms with E-state index >= 15 is 0 Å². The highest BCUT2D eigenvalue weighted by atomic mass is 16.5. The van der Waals surface area contributed by atoms with Crippen LogP contribution in [0.25, 0.3) is 0 Å². The van der Waals surface area contributed by atoms with Crippen LogP contribution in [0.1, 0.15) is 5.56 Å². The number of carboxylic acids is 1. The number of aromatic nitrogens is 2. The Morgan fingerprint density at radius 1 is 1.28 bits per heavy atom. The van der Waals surface area contributed by atoms with Crippen LogP contribution < -0.4 is 14.5 Å². The summed E-state index contributed by atoms with van der Waals surface area (Å²) in [5.41, 5.74) is 2.14. The van der Waals surface area contributed by atoms with Crippen LogP contribution in [0, 0.1) is 5.92 Å². The Balaban J connectivity index is 1.68. The number of hydrogen-bond donors (Lipinski definition) is 1. The molecule has 1 saturated heterocycles. The van der Waals surface area contributed by atoms with Crippen molar-refractivity contribution in [1.82, 2.24) is 9.97 Å². The van der Waals surface area contributed by atoms with Crippen molar-refractivity contribution in [3.63, 3.8) is 0 Å². The lowest BCUT2D eigenvalue weighted by molar-refractivity contribution is -0.142. The molecule has 4 rings (SSSR count). The monoisotopic (exact) mass is 340 g/mol. The van der Waals surface area contributed by atoms with Crippen LogP contribution in [0.2, 0.25) is 0 Å². The molecule has 1 aromatic carbocycles. The lowest BCUT2D eigenvalue weighted by Gasteiger charge is -2.48. The van der Waals surface area contributed by atoms with Gasteiger partial charge >= 0.3 is 5.97 Å². The van der Waals surface area contributed by atoms with E-state index in [4.69, 9.17) is 4.74 Å². The number of anilines is 2. The number of ether oxygens (including phenoxy) is 1. The average molecular weight is 340 g/mol. The minimum absolute atomic E-state index is 0.116. The Morgan fingerprint density at radius 3 is 2.80 bits per heavy atom. The summed E-state index contributed by atoms with van der Waals surface area (Å²) in [4.78, 5) is 24.8. The average Bonchev–Trinajstić information content (AvgIpc) is 2.67. The third kappa shape index (κ3) is 2.75. The standard InChI is InChI=1S/C18H20N4O3/c1-25-13-4-3-12-9-14(17(23)24)16-11-21(18-19-5-2-6-20-18)7-8-22(16)15(12)10-13/h2-6,10,14,16H,7-9,11H2,1H3,(H,23,24). The van der Waals surface area contributed by atoms with Crippen molar-refractivity contribution in [1.29, 1.82) is 0 Å². The van der Waals surface area contributed by atoms with Crippen LogP contribution in [0.3, 0.4) is 0 Å². The summed E-state index contributed by atoms with van der Waals surface area (Å²) in [6.45, 7) is 2.08. The lowest BCUT2D eigenvalue weighted by atomic mass is 9.84. The summed E-state index contributed by atoms with van der Waals surface area (Å²) in [7, 11) is 1.65. The Morgan fingerprint density at radius 2 is 2.08 bits per heavy atom. The van der Waals surface area contributed by atoms with Gasteiger partial charge in [-0.25, -0.2) is 9.97 Å². The van der Waals surface area contributed by atoms with Gasteiger partial charge in [-0.3, -0.25) is 4.79 Å². The molecule has 7 nitrogen and oxygen atoms in total. The van der Waals surface area contributed by atoms with E-state index in [9.17, 15) is 9.90 Å². The minimum Gasteiger partial charge on any atom is -0.497 e. The third-order valence-electron chi connectivity index (χ3n) is 5.08. The summed E-state index contributed by atoms with van der Waals surface area (Å²) < 4.78 is 5.35. The normalized spacial score (nSPS) is 22.1. The number of piperazine rings is 1. The molecule has 2 unspecified atom stereocenters.